The van der Waals surface area contributed by atoms with Crippen LogP contribution in [-0.2, 0) is 0 Å². The molecule has 84 valence electrons. The number of rotatable bonds is 2. The van der Waals surface area contributed by atoms with Crippen molar-refractivity contribution < 1.29 is 0 Å². The SMILES string of the molecule is N#Cc1cnc(-n2ccc(C3CC3)n2)c(N)c1. The normalized spacial score (nSPS) is 14.5. The summed E-state index contributed by atoms with van der Waals surface area (Å²) in [5.41, 5.74) is 7.87. The lowest BCUT2D eigenvalue weighted by molar-refractivity contribution is 0.815. The number of nitrogens with zero attached hydrogens (tertiary/aromatic N) is 4. The Hall–Kier alpha value is -2.35. The van der Waals surface area contributed by atoms with E-state index in [1.165, 1.54) is 19.0 Å². The van der Waals surface area contributed by atoms with Gasteiger partial charge in [0.05, 0.1) is 16.9 Å². The number of hydrogen-bond donors (Lipinski definition) is 1. The molecule has 1 aliphatic rings. The minimum Gasteiger partial charge on any atom is -0.396 e. The Kier molecular flexibility index (Phi) is 2.08. The fourth-order valence-corrected chi connectivity index (χ4v) is 1.78. The zero-order valence-electron chi connectivity index (χ0n) is 9.17. The van der Waals surface area contributed by atoms with E-state index in [2.05, 4.69) is 10.1 Å². The lowest BCUT2D eigenvalue weighted by atomic mass is 10.3. The van der Waals surface area contributed by atoms with E-state index in [4.69, 9.17) is 11.0 Å². The second-order valence-electron chi connectivity index (χ2n) is 4.21. The van der Waals surface area contributed by atoms with E-state index in [-0.39, 0.29) is 0 Å². The molecule has 0 radical (unpaired) electrons. The molecule has 0 saturated heterocycles. The van der Waals surface area contributed by atoms with Gasteiger partial charge in [-0.1, -0.05) is 0 Å². The second-order valence-corrected chi connectivity index (χ2v) is 4.21. The van der Waals surface area contributed by atoms with Crippen molar-refractivity contribution in [1.29, 1.82) is 5.26 Å². The highest BCUT2D eigenvalue weighted by molar-refractivity contribution is 5.55. The van der Waals surface area contributed by atoms with Gasteiger partial charge in [-0.05, 0) is 25.0 Å². The summed E-state index contributed by atoms with van der Waals surface area (Å²) >= 11 is 0. The maximum atomic E-state index is 8.74. The largest absolute Gasteiger partial charge is 0.396 e. The van der Waals surface area contributed by atoms with Gasteiger partial charge in [0.15, 0.2) is 5.82 Å². The van der Waals surface area contributed by atoms with Crippen LogP contribution in [0.5, 0.6) is 0 Å². The average Bonchev–Trinajstić information content (AvgIpc) is 3.08. The van der Waals surface area contributed by atoms with Crippen LogP contribution in [-0.4, -0.2) is 14.8 Å². The summed E-state index contributed by atoms with van der Waals surface area (Å²) in [5.74, 6) is 1.19. The van der Waals surface area contributed by atoms with E-state index in [0.29, 0.717) is 23.0 Å². The Morgan fingerprint density at radius 2 is 2.29 bits per heavy atom. The van der Waals surface area contributed by atoms with Gasteiger partial charge in [-0.2, -0.15) is 10.4 Å². The molecule has 5 heteroatoms. The van der Waals surface area contributed by atoms with E-state index in [1.807, 2.05) is 18.3 Å². The summed E-state index contributed by atoms with van der Waals surface area (Å²) in [6.07, 6.45) is 5.79. The number of nitrogens with two attached hydrogens (primary N) is 1. The molecule has 0 unspecified atom stereocenters. The zero-order valence-corrected chi connectivity index (χ0v) is 9.17. The molecule has 3 rings (SSSR count). The number of anilines is 1. The Labute approximate surface area is 98.5 Å². The third kappa shape index (κ3) is 1.74. The van der Waals surface area contributed by atoms with Crippen molar-refractivity contribution in [2.24, 2.45) is 0 Å². The van der Waals surface area contributed by atoms with Gasteiger partial charge in [0.1, 0.15) is 6.07 Å². The van der Waals surface area contributed by atoms with Crippen molar-refractivity contribution in [3.63, 3.8) is 0 Å². The highest BCUT2D eigenvalue weighted by Gasteiger charge is 2.26. The van der Waals surface area contributed by atoms with Crippen molar-refractivity contribution in [1.82, 2.24) is 14.8 Å². The first-order valence-corrected chi connectivity index (χ1v) is 5.49. The maximum absolute atomic E-state index is 8.74. The standard InChI is InChI=1S/C12H11N5/c13-6-8-5-10(14)12(15-7-8)17-4-3-11(16-17)9-1-2-9/h3-5,7,9H,1-2,14H2. The minimum absolute atomic E-state index is 0.459. The summed E-state index contributed by atoms with van der Waals surface area (Å²) < 4.78 is 1.67. The number of nitriles is 1. The molecule has 0 spiro atoms. The van der Waals surface area contributed by atoms with Gasteiger partial charge >= 0.3 is 0 Å². The zero-order chi connectivity index (χ0) is 11.8. The Balaban J connectivity index is 1.99. The van der Waals surface area contributed by atoms with Crippen LogP contribution in [0.4, 0.5) is 5.69 Å². The van der Waals surface area contributed by atoms with Crippen LogP contribution in [0.25, 0.3) is 5.82 Å². The average molecular weight is 225 g/mol. The fraction of sp³-hybridized carbons (Fsp3) is 0.250. The van der Waals surface area contributed by atoms with Crippen molar-refractivity contribution in [2.45, 2.75) is 18.8 Å². The molecule has 1 saturated carbocycles. The van der Waals surface area contributed by atoms with E-state index in [0.717, 1.165) is 5.69 Å². The molecular weight excluding hydrogens is 214 g/mol. The van der Waals surface area contributed by atoms with Gasteiger partial charge in [0.25, 0.3) is 0 Å². The molecule has 0 aromatic carbocycles. The van der Waals surface area contributed by atoms with Crippen LogP contribution in [0.1, 0.15) is 30.0 Å². The first-order chi connectivity index (χ1) is 8.28. The summed E-state index contributed by atoms with van der Waals surface area (Å²) in [5, 5.41) is 13.2. The quantitative estimate of drug-likeness (QED) is 0.841. The summed E-state index contributed by atoms with van der Waals surface area (Å²) in [6.45, 7) is 0. The lowest BCUT2D eigenvalue weighted by Gasteiger charge is -2.04. The Morgan fingerprint density at radius 1 is 1.47 bits per heavy atom. The summed E-state index contributed by atoms with van der Waals surface area (Å²) in [4.78, 5) is 4.17. The summed E-state index contributed by atoms with van der Waals surface area (Å²) in [7, 11) is 0. The molecule has 2 N–H and O–H groups in total. The van der Waals surface area contributed by atoms with Gasteiger partial charge in [-0.3, -0.25) is 0 Å². The Bertz CT molecular complexity index is 604. The predicted molar refractivity (Wildman–Crippen MR) is 62.5 cm³/mol. The number of pyridine rings is 1. The van der Waals surface area contributed by atoms with Gasteiger partial charge in [0, 0.05) is 18.3 Å². The predicted octanol–water partition coefficient (Wildman–Crippen LogP) is 1.60. The Morgan fingerprint density at radius 3 is 2.94 bits per heavy atom. The van der Waals surface area contributed by atoms with Crippen molar-refractivity contribution in [3.05, 3.63) is 35.8 Å². The van der Waals surface area contributed by atoms with Crippen molar-refractivity contribution in [3.8, 4) is 11.9 Å². The van der Waals surface area contributed by atoms with E-state index in [9.17, 15) is 0 Å². The van der Waals surface area contributed by atoms with Crippen molar-refractivity contribution in [2.75, 3.05) is 5.73 Å². The fourth-order valence-electron chi connectivity index (χ4n) is 1.78. The molecule has 1 aliphatic carbocycles. The smallest absolute Gasteiger partial charge is 0.176 e. The first-order valence-electron chi connectivity index (χ1n) is 5.49. The molecule has 2 aromatic rings. The lowest BCUT2D eigenvalue weighted by Crippen LogP contribution is -2.04. The highest BCUT2D eigenvalue weighted by Crippen LogP contribution is 2.39. The highest BCUT2D eigenvalue weighted by atomic mass is 15.3. The van der Waals surface area contributed by atoms with Crippen LogP contribution < -0.4 is 5.73 Å². The molecule has 2 heterocycles. The molecule has 1 fully saturated rings. The van der Waals surface area contributed by atoms with Gasteiger partial charge in [-0.25, -0.2) is 9.67 Å². The number of nitrogen functional groups attached to an aromatic ring is 1. The van der Waals surface area contributed by atoms with Crippen LogP contribution in [0, 0.1) is 11.3 Å². The van der Waals surface area contributed by atoms with Crippen LogP contribution in [0.3, 0.4) is 0 Å². The molecule has 0 aliphatic heterocycles. The van der Waals surface area contributed by atoms with Crippen molar-refractivity contribution >= 4 is 5.69 Å². The number of aromatic nitrogens is 3. The van der Waals surface area contributed by atoms with Crippen LogP contribution in [0.15, 0.2) is 24.5 Å². The molecular formula is C12H11N5. The second kappa shape index (κ2) is 3.59. The number of hydrogen-bond acceptors (Lipinski definition) is 4. The molecule has 5 nitrogen and oxygen atoms in total. The molecule has 17 heavy (non-hydrogen) atoms. The van der Waals surface area contributed by atoms with Gasteiger partial charge < -0.3 is 5.73 Å². The topological polar surface area (TPSA) is 80.5 Å². The van der Waals surface area contributed by atoms with E-state index in [1.54, 1.807) is 10.7 Å². The van der Waals surface area contributed by atoms with Gasteiger partial charge in [-0.15, -0.1) is 0 Å². The molecule has 0 bridgehead atoms. The molecule has 2 aromatic heterocycles. The molecule has 0 amide bonds. The van der Waals surface area contributed by atoms with Gasteiger partial charge in [0.2, 0.25) is 0 Å². The van der Waals surface area contributed by atoms with E-state index >= 15 is 0 Å². The summed E-state index contributed by atoms with van der Waals surface area (Å²) in [6, 6.07) is 5.62. The molecule has 0 atom stereocenters. The minimum atomic E-state index is 0.459. The third-order valence-electron chi connectivity index (χ3n) is 2.85. The van der Waals surface area contributed by atoms with E-state index < -0.39 is 0 Å². The monoisotopic (exact) mass is 225 g/mol. The van der Waals surface area contributed by atoms with Crippen LogP contribution in [0.2, 0.25) is 0 Å². The van der Waals surface area contributed by atoms with Crippen LogP contribution >= 0.6 is 0 Å². The third-order valence-corrected chi connectivity index (χ3v) is 2.85. The maximum Gasteiger partial charge on any atom is 0.176 e. The first kappa shape index (κ1) is 9.85.